The zero-order valence-electron chi connectivity index (χ0n) is 10.2. The zero-order chi connectivity index (χ0) is 11.4. The van der Waals surface area contributed by atoms with Crippen LogP contribution in [0.25, 0.3) is 0 Å². The van der Waals surface area contributed by atoms with E-state index in [1.54, 1.807) is 0 Å². The topological polar surface area (TPSA) is 51.0 Å². The van der Waals surface area contributed by atoms with Crippen molar-refractivity contribution in [2.45, 2.75) is 51.9 Å². The monoisotopic (exact) mass is 223 g/mol. The van der Waals surface area contributed by atoms with Crippen molar-refractivity contribution in [3.05, 3.63) is 5.82 Å². The van der Waals surface area contributed by atoms with Gasteiger partial charge in [-0.2, -0.15) is 4.98 Å². The summed E-state index contributed by atoms with van der Waals surface area (Å²) in [5.74, 6) is 2.25. The molecule has 1 aromatic heterocycles. The second kappa shape index (κ2) is 5.32. The molecule has 4 nitrogen and oxygen atoms in total. The molecular formula is C12H21N3O. The number of aromatic nitrogens is 2. The first-order valence-electron chi connectivity index (χ1n) is 6.41. The molecule has 2 rings (SSSR count). The van der Waals surface area contributed by atoms with Crippen molar-refractivity contribution < 1.29 is 4.52 Å². The van der Waals surface area contributed by atoms with Gasteiger partial charge >= 0.3 is 6.01 Å². The van der Waals surface area contributed by atoms with Gasteiger partial charge in [0, 0.05) is 12.5 Å². The highest BCUT2D eigenvalue weighted by molar-refractivity contribution is 5.18. The molecule has 0 bridgehead atoms. The Labute approximate surface area is 96.8 Å². The lowest BCUT2D eigenvalue weighted by Crippen LogP contribution is -2.14. The van der Waals surface area contributed by atoms with Gasteiger partial charge in [0.25, 0.3) is 0 Å². The molecule has 0 saturated heterocycles. The Bertz CT molecular complexity index is 324. The van der Waals surface area contributed by atoms with Gasteiger partial charge in [0.2, 0.25) is 0 Å². The standard InChI is InChI=1S/C12H21N3O/c1-3-9-6-5-7-10(8-9)11-14-12(13-4-2)16-15-11/h9-10H,3-8H2,1-2H3,(H,13,14,15). The Morgan fingerprint density at radius 2 is 2.25 bits per heavy atom. The van der Waals surface area contributed by atoms with Crippen LogP contribution >= 0.6 is 0 Å². The van der Waals surface area contributed by atoms with Crippen LogP contribution in [0, 0.1) is 5.92 Å². The molecule has 0 aliphatic heterocycles. The van der Waals surface area contributed by atoms with Crippen LogP contribution in [-0.4, -0.2) is 16.7 Å². The largest absolute Gasteiger partial charge is 0.338 e. The molecule has 0 amide bonds. The van der Waals surface area contributed by atoms with Crippen molar-refractivity contribution in [1.29, 1.82) is 0 Å². The fourth-order valence-corrected chi connectivity index (χ4v) is 2.52. The van der Waals surface area contributed by atoms with Gasteiger partial charge in [-0.3, -0.25) is 0 Å². The third-order valence-corrected chi connectivity index (χ3v) is 3.50. The third kappa shape index (κ3) is 2.54. The molecule has 1 aromatic rings. The number of nitrogens with zero attached hydrogens (tertiary/aromatic N) is 2. The number of anilines is 1. The maximum atomic E-state index is 5.15. The van der Waals surface area contributed by atoms with Crippen molar-refractivity contribution in [2.24, 2.45) is 5.92 Å². The molecule has 0 radical (unpaired) electrons. The summed E-state index contributed by atoms with van der Waals surface area (Å²) in [7, 11) is 0. The molecule has 2 unspecified atom stereocenters. The fourth-order valence-electron chi connectivity index (χ4n) is 2.52. The maximum Gasteiger partial charge on any atom is 0.321 e. The predicted molar refractivity (Wildman–Crippen MR) is 63.5 cm³/mol. The molecular weight excluding hydrogens is 202 g/mol. The molecule has 0 spiro atoms. The third-order valence-electron chi connectivity index (χ3n) is 3.50. The highest BCUT2D eigenvalue weighted by Crippen LogP contribution is 2.36. The highest BCUT2D eigenvalue weighted by Gasteiger charge is 2.25. The van der Waals surface area contributed by atoms with E-state index in [1.165, 1.54) is 32.1 Å². The van der Waals surface area contributed by atoms with Crippen molar-refractivity contribution >= 4 is 6.01 Å². The zero-order valence-corrected chi connectivity index (χ0v) is 10.2. The Balaban J connectivity index is 1.99. The van der Waals surface area contributed by atoms with Crippen LogP contribution in [-0.2, 0) is 0 Å². The van der Waals surface area contributed by atoms with Crippen LogP contribution in [0.3, 0.4) is 0 Å². The molecule has 16 heavy (non-hydrogen) atoms. The molecule has 1 aliphatic carbocycles. The minimum atomic E-state index is 0.509. The quantitative estimate of drug-likeness (QED) is 0.851. The Kier molecular flexibility index (Phi) is 3.80. The smallest absolute Gasteiger partial charge is 0.321 e. The molecule has 1 N–H and O–H groups in total. The molecule has 2 atom stereocenters. The maximum absolute atomic E-state index is 5.15. The van der Waals surface area contributed by atoms with E-state index in [2.05, 4.69) is 22.4 Å². The summed E-state index contributed by atoms with van der Waals surface area (Å²) in [5, 5.41) is 7.13. The van der Waals surface area contributed by atoms with Crippen molar-refractivity contribution in [3.63, 3.8) is 0 Å². The van der Waals surface area contributed by atoms with E-state index >= 15 is 0 Å². The van der Waals surface area contributed by atoms with Gasteiger partial charge in [0.1, 0.15) is 0 Å². The average molecular weight is 223 g/mol. The summed E-state index contributed by atoms with van der Waals surface area (Å²) in [5.41, 5.74) is 0. The molecule has 0 aromatic carbocycles. The summed E-state index contributed by atoms with van der Waals surface area (Å²) in [4.78, 5) is 4.40. The molecule has 4 heteroatoms. The van der Waals surface area contributed by atoms with Crippen LogP contribution in [0.5, 0.6) is 0 Å². The van der Waals surface area contributed by atoms with Gasteiger partial charge in [-0.25, -0.2) is 0 Å². The van der Waals surface area contributed by atoms with E-state index < -0.39 is 0 Å². The Hall–Kier alpha value is -1.06. The number of rotatable bonds is 4. The van der Waals surface area contributed by atoms with Crippen LogP contribution in [0.2, 0.25) is 0 Å². The van der Waals surface area contributed by atoms with E-state index in [-0.39, 0.29) is 0 Å². The fraction of sp³-hybridized carbons (Fsp3) is 0.833. The van der Waals surface area contributed by atoms with E-state index in [1.807, 2.05) is 6.92 Å². The minimum Gasteiger partial charge on any atom is -0.338 e. The average Bonchev–Trinajstić information content (AvgIpc) is 2.78. The molecule has 1 aliphatic rings. The van der Waals surface area contributed by atoms with Crippen LogP contribution < -0.4 is 5.32 Å². The molecule has 1 heterocycles. The van der Waals surface area contributed by atoms with Crippen LogP contribution in [0.15, 0.2) is 4.52 Å². The number of hydrogen-bond acceptors (Lipinski definition) is 4. The first kappa shape index (κ1) is 11.4. The van der Waals surface area contributed by atoms with E-state index in [4.69, 9.17) is 4.52 Å². The summed E-state index contributed by atoms with van der Waals surface area (Å²) < 4.78 is 5.15. The van der Waals surface area contributed by atoms with E-state index in [0.29, 0.717) is 11.9 Å². The number of hydrogen-bond donors (Lipinski definition) is 1. The van der Waals surface area contributed by atoms with Crippen LogP contribution in [0.4, 0.5) is 6.01 Å². The van der Waals surface area contributed by atoms with Crippen molar-refractivity contribution in [1.82, 2.24) is 10.1 Å². The first-order chi connectivity index (χ1) is 7.83. The summed E-state index contributed by atoms with van der Waals surface area (Å²) >= 11 is 0. The summed E-state index contributed by atoms with van der Waals surface area (Å²) in [6.45, 7) is 5.12. The normalized spacial score (nSPS) is 25.6. The molecule has 1 fully saturated rings. The Morgan fingerprint density at radius 3 is 3.00 bits per heavy atom. The SMILES string of the molecule is CCNc1nc(C2CCCC(CC)C2)no1. The lowest BCUT2D eigenvalue weighted by Gasteiger charge is -2.25. The van der Waals surface area contributed by atoms with Gasteiger partial charge in [0.05, 0.1) is 0 Å². The Morgan fingerprint density at radius 1 is 1.38 bits per heavy atom. The molecule has 1 saturated carbocycles. The second-order valence-electron chi connectivity index (χ2n) is 4.63. The second-order valence-corrected chi connectivity index (χ2v) is 4.63. The summed E-state index contributed by atoms with van der Waals surface area (Å²) in [6.07, 6.45) is 6.37. The van der Waals surface area contributed by atoms with E-state index in [9.17, 15) is 0 Å². The van der Waals surface area contributed by atoms with Gasteiger partial charge in [-0.15, -0.1) is 0 Å². The van der Waals surface area contributed by atoms with Crippen molar-refractivity contribution in [3.8, 4) is 0 Å². The van der Waals surface area contributed by atoms with Gasteiger partial charge in [-0.1, -0.05) is 31.3 Å². The van der Waals surface area contributed by atoms with E-state index in [0.717, 1.165) is 18.3 Å². The molecule has 90 valence electrons. The van der Waals surface area contributed by atoms with Crippen molar-refractivity contribution in [2.75, 3.05) is 11.9 Å². The number of nitrogens with one attached hydrogen (secondary N) is 1. The van der Waals surface area contributed by atoms with Crippen LogP contribution in [0.1, 0.15) is 57.7 Å². The summed E-state index contributed by atoms with van der Waals surface area (Å²) in [6, 6.07) is 0.566. The van der Waals surface area contributed by atoms with Gasteiger partial charge in [-0.05, 0) is 25.7 Å². The lowest BCUT2D eigenvalue weighted by atomic mass is 9.80. The van der Waals surface area contributed by atoms with Gasteiger partial charge < -0.3 is 9.84 Å². The minimum absolute atomic E-state index is 0.509. The highest BCUT2D eigenvalue weighted by atomic mass is 16.5. The first-order valence-corrected chi connectivity index (χ1v) is 6.41. The predicted octanol–water partition coefficient (Wildman–Crippen LogP) is 3.19. The lowest BCUT2D eigenvalue weighted by molar-refractivity contribution is 0.300. The van der Waals surface area contributed by atoms with Gasteiger partial charge in [0.15, 0.2) is 5.82 Å².